The number of rotatable bonds is 2. The lowest BCUT2D eigenvalue weighted by Gasteiger charge is -2.17. The van der Waals surface area contributed by atoms with Crippen LogP contribution >= 0.6 is 0 Å². The van der Waals surface area contributed by atoms with Crippen molar-refractivity contribution in [2.24, 2.45) is 0 Å². The number of aromatic nitrogens is 3. The maximum absolute atomic E-state index is 12.3. The summed E-state index contributed by atoms with van der Waals surface area (Å²) in [6, 6.07) is 2.02. The fraction of sp³-hybridized carbons (Fsp3) is 0.286. The topological polar surface area (TPSA) is 59.0 Å². The van der Waals surface area contributed by atoms with Crippen LogP contribution in [-0.2, 0) is 17.6 Å². The molecule has 0 saturated heterocycles. The molecule has 1 aliphatic heterocycles. The first kappa shape index (κ1) is 11.8. The molecule has 0 unspecified atom stereocenters. The van der Waals surface area contributed by atoms with E-state index in [1.54, 1.807) is 12.4 Å². The molecule has 0 saturated carbocycles. The first-order valence-electron chi connectivity index (χ1n) is 6.24. The van der Waals surface area contributed by atoms with E-state index in [2.05, 4.69) is 15.0 Å². The van der Waals surface area contributed by atoms with Gasteiger partial charge in [0.25, 0.3) is 0 Å². The number of hydrogen-bond donors (Lipinski definition) is 0. The van der Waals surface area contributed by atoms with Gasteiger partial charge in [0, 0.05) is 31.6 Å². The molecule has 0 aliphatic carbocycles. The Morgan fingerprint density at radius 1 is 1.32 bits per heavy atom. The zero-order chi connectivity index (χ0) is 13.2. The average Bonchev–Trinajstić information content (AvgIpc) is 2.82. The Hall–Kier alpha value is -2.30. The van der Waals surface area contributed by atoms with E-state index in [1.165, 1.54) is 6.33 Å². The second-order valence-electron chi connectivity index (χ2n) is 4.70. The van der Waals surface area contributed by atoms with Gasteiger partial charge < -0.3 is 4.90 Å². The minimum absolute atomic E-state index is 0.0703. The summed E-state index contributed by atoms with van der Waals surface area (Å²) in [5, 5.41) is 0. The number of anilines is 1. The third-order valence-electron chi connectivity index (χ3n) is 3.22. The van der Waals surface area contributed by atoms with Gasteiger partial charge in [-0.05, 0) is 24.1 Å². The minimum atomic E-state index is 0.0703. The zero-order valence-electron chi connectivity index (χ0n) is 10.7. The Balaban J connectivity index is 1.82. The highest BCUT2D eigenvalue weighted by atomic mass is 16.2. The molecule has 5 nitrogen and oxygen atoms in total. The average molecular weight is 254 g/mol. The standard InChI is InChI=1S/C14H14N4O/c1-10-4-13-12(17-6-10)2-3-18(13)14(19)5-11-7-15-9-16-8-11/h4,6-9H,2-3,5H2,1H3. The summed E-state index contributed by atoms with van der Waals surface area (Å²) in [6.07, 6.45) is 7.82. The summed E-state index contributed by atoms with van der Waals surface area (Å²) in [4.78, 5) is 26.4. The van der Waals surface area contributed by atoms with Gasteiger partial charge in [0.05, 0.1) is 17.8 Å². The summed E-state index contributed by atoms with van der Waals surface area (Å²) in [5.41, 5.74) is 3.85. The highest BCUT2D eigenvalue weighted by Crippen LogP contribution is 2.27. The molecule has 5 heteroatoms. The van der Waals surface area contributed by atoms with Gasteiger partial charge in [0.15, 0.2) is 0 Å². The molecule has 2 aromatic rings. The van der Waals surface area contributed by atoms with Crippen molar-refractivity contribution in [3.05, 3.63) is 47.8 Å². The Bertz CT molecular complexity index is 612. The fourth-order valence-corrected chi connectivity index (χ4v) is 2.30. The lowest BCUT2D eigenvalue weighted by atomic mass is 10.2. The van der Waals surface area contributed by atoms with Gasteiger partial charge in [-0.25, -0.2) is 9.97 Å². The van der Waals surface area contributed by atoms with Gasteiger partial charge in [-0.15, -0.1) is 0 Å². The number of hydrogen-bond acceptors (Lipinski definition) is 4. The third-order valence-corrected chi connectivity index (χ3v) is 3.22. The van der Waals surface area contributed by atoms with Crippen LogP contribution in [0.3, 0.4) is 0 Å². The highest BCUT2D eigenvalue weighted by molar-refractivity contribution is 5.96. The smallest absolute Gasteiger partial charge is 0.231 e. The number of carbonyl (C=O) groups is 1. The van der Waals surface area contributed by atoms with Gasteiger partial charge in [-0.2, -0.15) is 0 Å². The van der Waals surface area contributed by atoms with Crippen molar-refractivity contribution in [3.63, 3.8) is 0 Å². The van der Waals surface area contributed by atoms with E-state index in [-0.39, 0.29) is 5.91 Å². The minimum Gasteiger partial charge on any atom is -0.310 e. The van der Waals surface area contributed by atoms with Crippen molar-refractivity contribution in [3.8, 4) is 0 Å². The Kier molecular flexibility index (Phi) is 2.95. The maximum Gasteiger partial charge on any atom is 0.231 e. The first-order chi connectivity index (χ1) is 9.24. The predicted molar refractivity (Wildman–Crippen MR) is 70.8 cm³/mol. The number of amides is 1. The van der Waals surface area contributed by atoms with Gasteiger partial charge in [-0.3, -0.25) is 9.78 Å². The van der Waals surface area contributed by atoms with E-state index in [4.69, 9.17) is 0 Å². The van der Waals surface area contributed by atoms with Crippen molar-refractivity contribution in [1.82, 2.24) is 15.0 Å². The Labute approximate surface area is 111 Å². The van der Waals surface area contributed by atoms with Gasteiger partial charge in [-0.1, -0.05) is 0 Å². The molecule has 0 bridgehead atoms. The number of aryl methyl sites for hydroxylation is 1. The molecule has 0 fully saturated rings. The highest BCUT2D eigenvalue weighted by Gasteiger charge is 2.25. The number of nitrogens with zero attached hydrogens (tertiary/aromatic N) is 4. The molecule has 2 aromatic heterocycles. The summed E-state index contributed by atoms with van der Waals surface area (Å²) in [6.45, 7) is 2.69. The van der Waals surface area contributed by atoms with Crippen LogP contribution in [0.4, 0.5) is 5.69 Å². The summed E-state index contributed by atoms with van der Waals surface area (Å²) in [5.74, 6) is 0.0703. The molecule has 0 radical (unpaired) electrons. The van der Waals surface area contributed by atoms with Gasteiger partial charge in [0.2, 0.25) is 5.91 Å². The van der Waals surface area contributed by atoms with E-state index in [1.807, 2.05) is 24.1 Å². The Morgan fingerprint density at radius 3 is 2.89 bits per heavy atom. The van der Waals surface area contributed by atoms with Crippen molar-refractivity contribution in [2.45, 2.75) is 19.8 Å². The molecule has 3 rings (SSSR count). The van der Waals surface area contributed by atoms with Gasteiger partial charge in [0.1, 0.15) is 6.33 Å². The van der Waals surface area contributed by atoms with Crippen molar-refractivity contribution >= 4 is 11.6 Å². The van der Waals surface area contributed by atoms with Crippen LogP contribution in [0.5, 0.6) is 0 Å². The van der Waals surface area contributed by atoms with Crippen LogP contribution in [0.2, 0.25) is 0 Å². The molecule has 3 heterocycles. The SMILES string of the molecule is Cc1cnc2c(c1)N(C(=O)Cc1cncnc1)CC2. The van der Waals surface area contributed by atoms with Crippen LogP contribution < -0.4 is 4.90 Å². The first-order valence-corrected chi connectivity index (χ1v) is 6.24. The van der Waals surface area contributed by atoms with E-state index >= 15 is 0 Å². The lowest BCUT2D eigenvalue weighted by molar-refractivity contribution is -0.117. The molecular weight excluding hydrogens is 240 g/mol. The zero-order valence-corrected chi connectivity index (χ0v) is 10.7. The predicted octanol–water partition coefficient (Wildman–Crippen LogP) is 1.31. The second-order valence-corrected chi connectivity index (χ2v) is 4.70. The van der Waals surface area contributed by atoms with Crippen LogP contribution in [0.25, 0.3) is 0 Å². The summed E-state index contributed by atoms with van der Waals surface area (Å²) >= 11 is 0. The third kappa shape index (κ3) is 2.31. The fourth-order valence-electron chi connectivity index (χ4n) is 2.30. The van der Waals surface area contributed by atoms with Crippen LogP contribution in [0.15, 0.2) is 31.0 Å². The van der Waals surface area contributed by atoms with Crippen molar-refractivity contribution < 1.29 is 4.79 Å². The monoisotopic (exact) mass is 254 g/mol. The van der Waals surface area contributed by atoms with E-state index < -0.39 is 0 Å². The molecule has 0 N–H and O–H groups in total. The Morgan fingerprint density at radius 2 is 2.11 bits per heavy atom. The maximum atomic E-state index is 12.3. The largest absolute Gasteiger partial charge is 0.310 e. The van der Waals surface area contributed by atoms with Crippen LogP contribution in [0.1, 0.15) is 16.8 Å². The van der Waals surface area contributed by atoms with Gasteiger partial charge >= 0.3 is 0 Å². The molecule has 0 spiro atoms. The molecule has 1 aliphatic rings. The van der Waals surface area contributed by atoms with Crippen LogP contribution in [0, 0.1) is 6.92 Å². The molecule has 0 aromatic carbocycles. The molecular formula is C14H14N4O. The van der Waals surface area contributed by atoms with Crippen LogP contribution in [-0.4, -0.2) is 27.4 Å². The molecule has 1 amide bonds. The number of pyridine rings is 1. The molecule has 0 atom stereocenters. The van der Waals surface area contributed by atoms with Crippen molar-refractivity contribution in [1.29, 1.82) is 0 Å². The van der Waals surface area contributed by atoms with E-state index in [0.29, 0.717) is 13.0 Å². The second kappa shape index (κ2) is 4.76. The normalized spacial score (nSPS) is 13.4. The van der Waals surface area contributed by atoms with E-state index in [0.717, 1.165) is 28.9 Å². The summed E-state index contributed by atoms with van der Waals surface area (Å²) < 4.78 is 0. The lowest BCUT2D eigenvalue weighted by Crippen LogP contribution is -2.30. The molecule has 19 heavy (non-hydrogen) atoms. The van der Waals surface area contributed by atoms with Crippen molar-refractivity contribution in [2.75, 3.05) is 11.4 Å². The quantitative estimate of drug-likeness (QED) is 0.810. The van der Waals surface area contributed by atoms with E-state index in [9.17, 15) is 4.79 Å². The summed E-state index contributed by atoms with van der Waals surface area (Å²) in [7, 11) is 0. The number of fused-ring (bicyclic) bond motifs is 1. The number of carbonyl (C=O) groups excluding carboxylic acids is 1. The molecule has 96 valence electrons.